The molecule has 3 saturated heterocycles. The molecule has 3 aromatic carbocycles. The van der Waals surface area contributed by atoms with Gasteiger partial charge in [-0.1, -0.05) is 74.0 Å². The van der Waals surface area contributed by atoms with Crippen LogP contribution in [0.15, 0.2) is 79.0 Å². The molecule has 3 aliphatic rings. The van der Waals surface area contributed by atoms with Crippen molar-refractivity contribution in [3.8, 4) is 0 Å². The van der Waals surface area contributed by atoms with Crippen molar-refractivity contribution >= 4 is 27.6 Å². The Bertz CT molecular complexity index is 1360. The van der Waals surface area contributed by atoms with E-state index in [-0.39, 0.29) is 24.5 Å². The van der Waals surface area contributed by atoms with E-state index < -0.39 is 0 Å². The lowest BCUT2D eigenvalue weighted by molar-refractivity contribution is -0.157. The highest BCUT2D eigenvalue weighted by molar-refractivity contribution is 5.85. The van der Waals surface area contributed by atoms with Crippen molar-refractivity contribution in [3.63, 3.8) is 0 Å². The summed E-state index contributed by atoms with van der Waals surface area (Å²) < 4.78 is 6.41. The number of esters is 1. The second-order valence-electron chi connectivity index (χ2n) is 10.2. The number of nitrogens with zero attached hydrogens (tertiary/aromatic N) is 2. The first-order chi connectivity index (χ1) is 17.2. The van der Waals surface area contributed by atoms with Crippen molar-refractivity contribution in [2.24, 2.45) is 11.8 Å². The first-order valence-corrected chi connectivity index (χ1v) is 12.9. The van der Waals surface area contributed by atoms with E-state index in [1.54, 1.807) is 0 Å². The van der Waals surface area contributed by atoms with Gasteiger partial charge in [0.15, 0.2) is 0 Å². The summed E-state index contributed by atoms with van der Waals surface area (Å²) in [6.45, 7) is 4.50. The summed E-state index contributed by atoms with van der Waals surface area (Å²) in [4.78, 5) is 20.5. The zero-order chi connectivity index (χ0) is 23.8. The van der Waals surface area contributed by atoms with E-state index in [4.69, 9.17) is 4.74 Å². The summed E-state index contributed by atoms with van der Waals surface area (Å²) in [5.41, 5.74) is 3.01. The molecule has 0 aliphatic carbocycles. The summed E-state index contributed by atoms with van der Waals surface area (Å²) in [6.07, 6.45) is 5.40. The summed E-state index contributed by atoms with van der Waals surface area (Å²) >= 11 is 0. The van der Waals surface area contributed by atoms with Crippen molar-refractivity contribution in [1.82, 2.24) is 9.88 Å². The maximum absolute atomic E-state index is 13.4. The average molecular weight is 465 g/mol. The van der Waals surface area contributed by atoms with E-state index in [0.29, 0.717) is 5.92 Å². The molecule has 1 aromatic heterocycles. The molecule has 4 nitrogen and oxygen atoms in total. The van der Waals surface area contributed by atoms with Crippen LogP contribution in [0, 0.1) is 11.8 Å². The van der Waals surface area contributed by atoms with Gasteiger partial charge in [-0.05, 0) is 59.7 Å². The third-order valence-corrected chi connectivity index (χ3v) is 8.22. The topological polar surface area (TPSA) is 42.4 Å². The molecule has 0 N–H and O–H groups in total. The van der Waals surface area contributed by atoms with Crippen LogP contribution < -0.4 is 0 Å². The van der Waals surface area contributed by atoms with E-state index in [1.807, 2.05) is 42.6 Å². The maximum atomic E-state index is 13.4. The Labute approximate surface area is 206 Å². The van der Waals surface area contributed by atoms with Gasteiger partial charge in [0.1, 0.15) is 6.10 Å². The van der Waals surface area contributed by atoms with Crippen LogP contribution in [0.5, 0.6) is 0 Å². The van der Waals surface area contributed by atoms with E-state index in [0.717, 1.165) is 52.8 Å². The first kappa shape index (κ1) is 22.2. The number of ether oxygens (including phenoxy) is 1. The van der Waals surface area contributed by atoms with Crippen LogP contribution in [0.3, 0.4) is 0 Å². The van der Waals surface area contributed by atoms with Crippen LogP contribution in [0.25, 0.3) is 21.7 Å². The molecule has 4 heterocycles. The smallest absolute Gasteiger partial charge is 0.310 e. The molecular weight excluding hydrogens is 432 g/mol. The second-order valence-corrected chi connectivity index (χ2v) is 10.2. The number of piperidine rings is 3. The first-order valence-electron chi connectivity index (χ1n) is 12.9. The van der Waals surface area contributed by atoms with Gasteiger partial charge in [0, 0.05) is 23.7 Å². The minimum Gasteiger partial charge on any atom is -0.456 e. The van der Waals surface area contributed by atoms with Gasteiger partial charge in [-0.15, -0.1) is 0 Å². The lowest BCUT2D eigenvalue weighted by Gasteiger charge is -2.51. The molecule has 5 unspecified atom stereocenters. The summed E-state index contributed by atoms with van der Waals surface area (Å²) in [7, 11) is 0. The molecule has 7 rings (SSSR count). The zero-order valence-corrected chi connectivity index (χ0v) is 20.3. The van der Waals surface area contributed by atoms with Gasteiger partial charge in [0.25, 0.3) is 0 Å². The number of hydrogen-bond acceptors (Lipinski definition) is 4. The molecule has 178 valence electrons. The predicted octanol–water partition coefficient (Wildman–Crippen LogP) is 6.34. The number of aromatic nitrogens is 1. The third-order valence-electron chi connectivity index (χ3n) is 8.22. The molecule has 0 amide bonds. The van der Waals surface area contributed by atoms with Gasteiger partial charge < -0.3 is 4.74 Å². The van der Waals surface area contributed by atoms with Gasteiger partial charge in [-0.3, -0.25) is 14.7 Å². The Morgan fingerprint density at radius 2 is 1.89 bits per heavy atom. The number of hydrogen-bond donors (Lipinski definition) is 0. The number of carbonyl (C=O) groups excluding carboxylic acids is 1. The van der Waals surface area contributed by atoms with Gasteiger partial charge in [-0.25, -0.2) is 0 Å². The molecule has 2 bridgehead atoms. The Morgan fingerprint density at radius 3 is 2.71 bits per heavy atom. The Balaban J connectivity index is 1.32. The van der Waals surface area contributed by atoms with Crippen molar-refractivity contribution in [2.45, 2.75) is 44.8 Å². The SMILES string of the molecule is CCC1CN2CCC1CC2C(OC(=O)Cc1ccc2ccccc2c1)c1ccnc2ccccc12. The maximum Gasteiger partial charge on any atom is 0.310 e. The highest BCUT2D eigenvalue weighted by atomic mass is 16.5. The zero-order valence-electron chi connectivity index (χ0n) is 20.3. The highest BCUT2D eigenvalue weighted by Gasteiger charge is 2.44. The summed E-state index contributed by atoms with van der Waals surface area (Å²) in [6, 6.07) is 24.9. The number of rotatable bonds is 6. The van der Waals surface area contributed by atoms with Crippen molar-refractivity contribution in [2.75, 3.05) is 13.1 Å². The Hall–Kier alpha value is -3.24. The monoisotopic (exact) mass is 464 g/mol. The minimum atomic E-state index is -0.295. The van der Waals surface area contributed by atoms with Crippen molar-refractivity contribution in [1.29, 1.82) is 0 Å². The molecule has 4 heteroatoms. The van der Waals surface area contributed by atoms with Crippen LogP contribution in [-0.4, -0.2) is 35.0 Å². The molecule has 0 spiro atoms. The third kappa shape index (κ3) is 4.32. The van der Waals surface area contributed by atoms with Crippen LogP contribution in [0.2, 0.25) is 0 Å². The number of carbonyl (C=O) groups is 1. The molecule has 3 fully saturated rings. The van der Waals surface area contributed by atoms with Gasteiger partial charge in [0.05, 0.1) is 18.0 Å². The van der Waals surface area contributed by atoms with Crippen LogP contribution in [0.1, 0.15) is 43.4 Å². The average Bonchev–Trinajstić information content (AvgIpc) is 2.91. The fourth-order valence-corrected chi connectivity index (χ4v) is 6.37. The predicted molar refractivity (Wildman–Crippen MR) is 140 cm³/mol. The summed E-state index contributed by atoms with van der Waals surface area (Å²) in [5.74, 6) is 1.30. The summed E-state index contributed by atoms with van der Waals surface area (Å²) in [5, 5.41) is 3.41. The number of fused-ring (bicyclic) bond motifs is 5. The van der Waals surface area contributed by atoms with Crippen LogP contribution >= 0.6 is 0 Å². The number of benzene rings is 3. The fourth-order valence-electron chi connectivity index (χ4n) is 6.37. The van der Waals surface area contributed by atoms with E-state index in [9.17, 15) is 4.79 Å². The van der Waals surface area contributed by atoms with Gasteiger partial charge in [-0.2, -0.15) is 0 Å². The van der Waals surface area contributed by atoms with Crippen LogP contribution in [-0.2, 0) is 16.0 Å². The van der Waals surface area contributed by atoms with E-state index in [1.165, 1.54) is 18.2 Å². The van der Waals surface area contributed by atoms with Crippen molar-refractivity contribution < 1.29 is 9.53 Å². The second kappa shape index (κ2) is 9.43. The largest absolute Gasteiger partial charge is 0.456 e. The lowest BCUT2D eigenvalue weighted by atomic mass is 9.72. The minimum absolute atomic E-state index is 0.166. The van der Waals surface area contributed by atoms with E-state index >= 15 is 0 Å². The molecule has 3 aliphatic heterocycles. The standard InChI is InChI=1S/C31H32N2O2/c1-2-22-20-33-16-14-25(22)19-29(33)31(27-13-15-32-28-10-6-5-9-26(27)28)35-30(34)18-21-11-12-23-7-3-4-8-24(23)17-21/h3-13,15,17,22,25,29,31H,2,14,16,18-20H2,1H3. The molecule has 5 atom stereocenters. The fraction of sp³-hybridized carbons (Fsp3) is 0.355. The van der Waals surface area contributed by atoms with E-state index in [2.05, 4.69) is 53.2 Å². The highest BCUT2D eigenvalue weighted by Crippen LogP contribution is 2.44. The molecular formula is C31H32N2O2. The van der Waals surface area contributed by atoms with Gasteiger partial charge in [0.2, 0.25) is 0 Å². The normalized spacial score (nSPS) is 24.5. The van der Waals surface area contributed by atoms with Crippen LogP contribution in [0.4, 0.5) is 0 Å². The van der Waals surface area contributed by atoms with Crippen molar-refractivity contribution in [3.05, 3.63) is 90.1 Å². The molecule has 4 aromatic rings. The molecule has 0 saturated carbocycles. The number of para-hydroxylation sites is 1. The number of pyridine rings is 1. The van der Waals surface area contributed by atoms with Gasteiger partial charge >= 0.3 is 5.97 Å². The lowest BCUT2D eigenvalue weighted by Crippen LogP contribution is -2.55. The molecule has 0 radical (unpaired) electrons. The quantitative estimate of drug-likeness (QED) is 0.313. The Kier molecular flexibility index (Phi) is 5.99. The molecule has 35 heavy (non-hydrogen) atoms. The Morgan fingerprint density at radius 1 is 1.06 bits per heavy atom.